The SMILES string of the molecule is CN(Cc1ccccc1)[C@H](C(=O)N1CCCCC1)c1ccccc1. The van der Waals surface area contributed by atoms with Crippen LogP contribution in [0.25, 0.3) is 0 Å². The number of rotatable bonds is 5. The fraction of sp³-hybridized carbons (Fsp3) is 0.381. The zero-order chi connectivity index (χ0) is 16.8. The lowest BCUT2D eigenvalue weighted by molar-refractivity contribution is -0.138. The Kier molecular flexibility index (Phi) is 5.65. The highest BCUT2D eigenvalue weighted by molar-refractivity contribution is 5.83. The quantitative estimate of drug-likeness (QED) is 0.834. The molecule has 1 aliphatic heterocycles. The van der Waals surface area contributed by atoms with E-state index in [1.165, 1.54) is 12.0 Å². The van der Waals surface area contributed by atoms with E-state index in [0.29, 0.717) is 0 Å². The fourth-order valence-corrected chi connectivity index (χ4v) is 3.47. The standard InChI is InChI=1S/C21H26N2O/c1-22(17-18-11-5-2-6-12-18)20(19-13-7-3-8-14-19)21(24)23-15-9-4-10-16-23/h2-3,5-8,11-14,20H,4,9-10,15-17H2,1H3/t20-/m0/s1. The number of hydrogen-bond donors (Lipinski definition) is 0. The molecule has 1 fully saturated rings. The molecule has 1 atom stereocenters. The maximum absolute atomic E-state index is 13.2. The largest absolute Gasteiger partial charge is 0.341 e. The van der Waals surface area contributed by atoms with Gasteiger partial charge in [0.1, 0.15) is 6.04 Å². The first-order valence-electron chi connectivity index (χ1n) is 8.83. The van der Waals surface area contributed by atoms with Crippen molar-refractivity contribution < 1.29 is 4.79 Å². The highest BCUT2D eigenvalue weighted by Gasteiger charge is 2.30. The smallest absolute Gasteiger partial charge is 0.244 e. The highest BCUT2D eigenvalue weighted by Crippen LogP contribution is 2.25. The van der Waals surface area contributed by atoms with Crippen molar-refractivity contribution in [1.29, 1.82) is 0 Å². The summed E-state index contributed by atoms with van der Waals surface area (Å²) >= 11 is 0. The zero-order valence-corrected chi connectivity index (χ0v) is 14.4. The Morgan fingerprint density at radius 1 is 0.958 bits per heavy atom. The molecule has 3 heteroatoms. The van der Waals surface area contributed by atoms with Crippen LogP contribution in [0, 0.1) is 0 Å². The summed E-state index contributed by atoms with van der Waals surface area (Å²) in [6, 6.07) is 20.3. The molecule has 3 nitrogen and oxygen atoms in total. The summed E-state index contributed by atoms with van der Waals surface area (Å²) in [6.45, 7) is 2.54. The van der Waals surface area contributed by atoms with Gasteiger partial charge < -0.3 is 4.90 Å². The van der Waals surface area contributed by atoms with E-state index < -0.39 is 0 Å². The van der Waals surface area contributed by atoms with Crippen LogP contribution in [-0.2, 0) is 11.3 Å². The van der Waals surface area contributed by atoms with Crippen molar-refractivity contribution in [3.05, 3.63) is 71.8 Å². The summed E-state index contributed by atoms with van der Waals surface area (Å²) in [5.41, 5.74) is 2.30. The van der Waals surface area contributed by atoms with Crippen LogP contribution in [0.5, 0.6) is 0 Å². The first-order chi connectivity index (χ1) is 11.8. The highest BCUT2D eigenvalue weighted by atomic mass is 16.2. The Balaban J connectivity index is 1.82. The second-order valence-corrected chi connectivity index (χ2v) is 6.60. The molecule has 0 saturated carbocycles. The number of amides is 1. The summed E-state index contributed by atoms with van der Waals surface area (Å²) < 4.78 is 0. The van der Waals surface area contributed by atoms with E-state index in [4.69, 9.17) is 0 Å². The van der Waals surface area contributed by atoms with E-state index >= 15 is 0 Å². The number of hydrogen-bond acceptors (Lipinski definition) is 2. The molecule has 0 aliphatic carbocycles. The van der Waals surface area contributed by atoms with E-state index in [1.54, 1.807) is 0 Å². The lowest BCUT2D eigenvalue weighted by atomic mass is 10.0. The van der Waals surface area contributed by atoms with Gasteiger partial charge in [0.15, 0.2) is 0 Å². The Morgan fingerprint density at radius 3 is 2.17 bits per heavy atom. The second-order valence-electron chi connectivity index (χ2n) is 6.60. The summed E-state index contributed by atoms with van der Waals surface area (Å²) in [6.07, 6.45) is 3.48. The Bertz CT molecular complexity index is 635. The number of likely N-dealkylation sites (N-methyl/N-ethyl adjacent to an activating group) is 1. The summed E-state index contributed by atoms with van der Waals surface area (Å²) in [5.74, 6) is 0.235. The molecule has 0 unspecified atom stereocenters. The molecular weight excluding hydrogens is 296 g/mol. The van der Waals surface area contributed by atoms with Crippen molar-refractivity contribution in [3.8, 4) is 0 Å². The molecule has 0 N–H and O–H groups in total. The molecule has 3 rings (SSSR count). The van der Waals surface area contributed by atoms with Crippen LogP contribution in [-0.4, -0.2) is 35.8 Å². The minimum Gasteiger partial charge on any atom is -0.341 e. The maximum atomic E-state index is 13.2. The van der Waals surface area contributed by atoms with Gasteiger partial charge in [-0.1, -0.05) is 60.7 Å². The van der Waals surface area contributed by atoms with Crippen LogP contribution >= 0.6 is 0 Å². The third-order valence-electron chi connectivity index (χ3n) is 4.73. The first-order valence-corrected chi connectivity index (χ1v) is 8.83. The molecule has 126 valence electrons. The molecule has 2 aromatic rings. The molecule has 1 heterocycles. The number of piperidine rings is 1. The van der Waals surface area contributed by atoms with E-state index in [1.807, 2.05) is 48.3 Å². The van der Waals surface area contributed by atoms with Crippen LogP contribution in [0.3, 0.4) is 0 Å². The number of likely N-dealkylation sites (tertiary alicyclic amines) is 1. The molecule has 0 aromatic heterocycles. The van der Waals surface area contributed by atoms with Gasteiger partial charge >= 0.3 is 0 Å². The average Bonchev–Trinajstić information content (AvgIpc) is 2.64. The first kappa shape index (κ1) is 16.7. The Morgan fingerprint density at radius 2 is 1.54 bits per heavy atom. The predicted molar refractivity (Wildman–Crippen MR) is 97.5 cm³/mol. The Labute approximate surface area is 144 Å². The molecule has 24 heavy (non-hydrogen) atoms. The van der Waals surface area contributed by atoms with Gasteiger partial charge in [-0.15, -0.1) is 0 Å². The molecule has 0 bridgehead atoms. The van der Waals surface area contributed by atoms with E-state index in [0.717, 1.165) is 38.0 Å². The Hall–Kier alpha value is -2.13. The van der Waals surface area contributed by atoms with Crippen molar-refractivity contribution in [2.24, 2.45) is 0 Å². The van der Waals surface area contributed by atoms with Crippen molar-refractivity contribution in [2.45, 2.75) is 31.8 Å². The molecule has 2 aromatic carbocycles. The van der Waals surface area contributed by atoms with Crippen molar-refractivity contribution in [2.75, 3.05) is 20.1 Å². The number of carbonyl (C=O) groups is 1. The van der Waals surface area contributed by atoms with E-state index in [9.17, 15) is 4.79 Å². The molecule has 1 saturated heterocycles. The van der Waals surface area contributed by atoms with E-state index in [-0.39, 0.29) is 11.9 Å². The van der Waals surface area contributed by atoms with Gasteiger partial charge in [0.25, 0.3) is 0 Å². The van der Waals surface area contributed by atoms with Gasteiger partial charge in [-0.2, -0.15) is 0 Å². The van der Waals surface area contributed by atoms with Gasteiger partial charge in [0, 0.05) is 19.6 Å². The summed E-state index contributed by atoms with van der Waals surface area (Å²) in [7, 11) is 2.05. The molecule has 0 spiro atoms. The van der Waals surface area contributed by atoms with Gasteiger partial charge in [0.05, 0.1) is 0 Å². The minimum absolute atomic E-state index is 0.218. The lowest BCUT2D eigenvalue weighted by Crippen LogP contribution is -2.43. The van der Waals surface area contributed by atoms with Crippen molar-refractivity contribution in [3.63, 3.8) is 0 Å². The van der Waals surface area contributed by atoms with Crippen LogP contribution in [0.4, 0.5) is 0 Å². The van der Waals surface area contributed by atoms with Crippen LogP contribution < -0.4 is 0 Å². The van der Waals surface area contributed by atoms with Crippen LogP contribution in [0.1, 0.15) is 36.4 Å². The number of benzene rings is 2. The number of carbonyl (C=O) groups excluding carboxylic acids is 1. The normalized spacial score (nSPS) is 16.2. The third-order valence-corrected chi connectivity index (χ3v) is 4.73. The number of nitrogens with zero attached hydrogens (tertiary/aromatic N) is 2. The van der Waals surface area contributed by atoms with Crippen LogP contribution in [0.15, 0.2) is 60.7 Å². The summed E-state index contributed by atoms with van der Waals surface area (Å²) in [4.78, 5) is 17.4. The van der Waals surface area contributed by atoms with Crippen LogP contribution in [0.2, 0.25) is 0 Å². The average molecular weight is 322 g/mol. The van der Waals surface area contributed by atoms with Gasteiger partial charge in [-0.3, -0.25) is 9.69 Å². The minimum atomic E-state index is -0.218. The molecule has 1 amide bonds. The topological polar surface area (TPSA) is 23.6 Å². The lowest BCUT2D eigenvalue weighted by Gasteiger charge is -2.34. The van der Waals surface area contributed by atoms with Gasteiger partial charge in [0.2, 0.25) is 5.91 Å². The zero-order valence-electron chi connectivity index (χ0n) is 14.4. The molecular formula is C21H26N2O. The monoisotopic (exact) mass is 322 g/mol. The fourth-order valence-electron chi connectivity index (χ4n) is 3.47. The molecule has 0 radical (unpaired) electrons. The van der Waals surface area contributed by atoms with Gasteiger partial charge in [-0.05, 0) is 37.4 Å². The predicted octanol–water partition coefficient (Wildman–Crippen LogP) is 3.87. The van der Waals surface area contributed by atoms with Crippen molar-refractivity contribution in [1.82, 2.24) is 9.80 Å². The van der Waals surface area contributed by atoms with Gasteiger partial charge in [-0.25, -0.2) is 0 Å². The van der Waals surface area contributed by atoms with E-state index in [2.05, 4.69) is 29.2 Å². The second kappa shape index (κ2) is 8.11. The third kappa shape index (κ3) is 4.04. The summed E-state index contributed by atoms with van der Waals surface area (Å²) in [5, 5.41) is 0. The van der Waals surface area contributed by atoms with Crippen molar-refractivity contribution >= 4 is 5.91 Å². The maximum Gasteiger partial charge on any atom is 0.244 e. The molecule has 1 aliphatic rings.